The van der Waals surface area contributed by atoms with Gasteiger partial charge in [0.25, 0.3) is 0 Å². The zero-order valence-corrected chi connectivity index (χ0v) is 10.7. The number of aromatic nitrogens is 3. The van der Waals surface area contributed by atoms with Gasteiger partial charge in [-0.3, -0.25) is 0 Å². The molecule has 1 aromatic carbocycles. The van der Waals surface area contributed by atoms with Crippen LogP contribution in [0.15, 0.2) is 30.5 Å². The summed E-state index contributed by atoms with van der Waals surface area (Å²) in [6.45, 7) is 1.11. The van der Waals surface area contributed by atoms with Gasteiger partial charge in [-0.05, 0) is 31.0 Å². The van der Waals surface area contributed by atoms with E-state index in [0.29, 0.717) is 12.1 Å². The fraction of sp³-hybridized carbons (Fsp3) is 0.385. The molecular weight excluding hydrogens is 247 g/mol. The number of aliphatic hydroxyl groups excluding tert-OH is 1. The minimum atomic E-state index is -0.643. The largest absolute Gasteiger partial charge is 0.387 e. The highest BCUT2D eigenvalue weighted by atomic mass is 19.1. The van der Waals surface area contributed by atoms with Gasteiger partial charge in [-0.15, -0.1) is 5.10 Å². The number of nitrogens with zero attached hydrogens (tertiary/aromatic N) is 3. The second kappa shape index (κ2) is 5.90. The maximum Gasteiger partial charge on any atom is 0.111 e. The van der Waals surface area contributed by atoms with Gasteiger partial charge >= 0.3 is 0 Å². The molecule has 0 saturated heterocycles. The Morgan fingerprint density at radius 2 is 2.05 bits per heavy atom. The lowest BCUT2D eigenvalue weighted by Crippen LogP contribution is -2.24. The number of rotatable bonds is 5. The molecule has 19 heavy (non-hydrogen) atoms. The third kappa shape index (κ3) is 3.36. The summed E-state index contributed by atoms with van der Waals surface area (Å²) in [4.78, 5) is 0. The number of nitrogens with two attached hydrogens (primary N) is 1. The summed E-state index contributed by atoms with van der Waals surface area (Å²) in [7, 11) is 0. The Morgan fingerprint density at radius 1 is 1.37 bits per heavy atom. The lowest BCUT2D eigenvalue weighted by atomic mass is 10.1. The maximum absolute atomic E-state index is 12.3. The second-order valence-corrected chi connectivity index (χ2v) is 4.55. The van der Waals surface area contributed by atoms with E-state index in [0.717, 1.165) is 11.3 Å². The van der Waals surface area contributed by atoms with E-state index < -0.39 is 18.8 Å². The second-order valence-electron chi connectivity index (χ2n) is 4.55. The van der Waals surface area contributed by atoms with Crippen molar-refractivity contribution in [2.24, 2.45) is 5.73 Å². The summed E-state index contributed by atoms with van der Waals surface area (Å²) in [6.07, 6.45) is 1.54. The van der Waals surface area contributed by atoms with Crippen molar-refractivity contribution in [3.05, 3.63) is 41.7 Å². The lowest BCUT2D eigenvalue weighted by molar-refractivity contribution is 0.194. The number of hydrogen-bond acceptors (Lipinski definition) is 4. The highest BCUT2D eigenvalue weighted by molar-refractivity contribution is 5.34. The summed E-state index contributed by atoms with van der Waals surface area (Å²) in [5, 5.41) is 17.2. The van der Waals surface area contributed by atoms with Crippen molar-refractivity contribution in [1.29, 1.82) is 0 Å². The summed E-state index contributed by atoms with van der Waals surface area (Å²) in [5.41, 5.74) is 7.88. The molecule has 0 radical (unpaired) electrons. The summed E-state index contributed by atoms with van der Waals surface area (Å²) >= 11 is 0. The minimum absolute atomic E-state index is 0.459. The standard InChI is InChI=1S/C13H17FN4O/c1-9(19)13-8-18(17-16-13)12-4-2-10(3-5-12)6-11(15)7-14/h2-5,8-9,11,19H,6-7,15H2,1H3/t9?,11-/m0/s1. The lowest BCUT2D eigenvalue weighted by Gasteiger charge is -2.07. The fourth-order valence-corrected chi connectivity index (χ4v) is 1.74. The Labute approximate surface area is 110 Å². The Balaban J connectivity index is 2.13. The molecule has 0 aliphatic heterocycles. The van der Waals surface area contributed by atoms with Gasteiger partial charge in [0.2, 0.25) is 0 Å². The number of halogens is 1. The van der Waals surface area contributed by atoms with E-state index in [1.54, 1.807) is 17.8 Å². The molecule has 5 nitrogen and oxygen atoms in total. The van der Waals surface area contributed by atoms with E-state index in [9.17, 15) is 9.50 Å². The summed E-state index contributed by atoms with van der Waals surface area (Å²) in [5.74, 6) is 0. The third-order valence-corrected chi connectivity index (χ3v) is 2.84. The van der Waals surface area contributed by atoms with E-state index in [4.69, 9.17) is 5.73 Å². The van der Waals surface area contributed by atoms with Crippen LogP contribution in [-0.4, -0.2) is 32.8 Å². The van der Waals surface area contributed by atoms with E-state index in [1.165, 1.54) is 0 Å². The van der Waals surface area contributed by atoms with Gasteiger partial charge in [-0.25, -0.2) is 9.07 Å². The molecule has 3 N–H and O–H groups in total. The van der Waals surface area contributed by atoms with Crippen LogP contribution in [0.5, 0.6) is 0 Å². The average molecular weight is 264 g/mol. The molecule has 6 heteroatoms. The molecule has 1 heterocycles. The van der Waals surface area contributed by atoms with Crippen molar-refractivity contribution < 1.29 is 9.50 Å². The summed E-state index contributed by atoms with van der Waals surface area (Å²) in [6, 6.07) is 7.03. The van der Waals surface area contributed by atoms with Gasteiger partial charge in [0, 0.05) is 6.04 Å². The molecule has 0 amide bonds. The molecule has 1 aromatic heterocycles. The number of aliphatic hydroxyl groups is 1. The smallest absolute Gasteiger partial charge is 0.111 e. The Bertz CT molecular complexity index is 524. The number of hydrogen-bond donors (Lipinski definition) is 2. The predicted octanol–water partition coefficient (Wildman–Crippen LogP) is 1.16. The van der Waals surface area contributed by atoms with Gasteiger partial charge in [-0.2, -0.15) is 0 Å². The van der Waals surface area contributed by atoms with Crippen LogP contribution in [0.3, 0.4) is 0 Å². The van der Waals surface area contributed by atoms with Gasteiger partial charge in [0.05, 0.1) is 18.0 Å². The highest BCUT2D eigenvalue weighted by Crippen LogP contribution is 2.13. The van der Waals surface area contributed by atoms with E-state index in [2.05, 4.69) is 10.3 Å². The molecule has 0 spiro atoms. The van der Waals surface area contributed by atoms with Crippen molar-refractivity contribution in [2.45, 2.75) is 25.5 Å². The molecule has 1 unspecified atom stereocenters. The molecular formula is C13H17FN4O. The van der Waals surface area contributed by atoms with Crippen LogP contribution in [-0.2, 0) is 6.42 Å². The van der Waals surface area contributed by atoms with Crippen LogP contribution < -0.4 is 5.73 Å². The summed E-state index contributed by atoms with van der Waals surface area (Å²) < 4.78 is 13.9. The Morgan fingerprint density at radius 3 is 2.58 bits per heavy atom. The number of alkyl halides is 1. The van der Waals surface area contributed by atoms with Crippen LogP contribution in [0.4, 0.5) is 4.39 Å². The average Bonchev–Trinajstić information content (AvgIpc) is 2.89. The molecule has 2 rings (SSSR count). The van der Waals surface area contributed by atoms with E-state index >= 15 is 0 Å². The molecule has 2 atom stereocenters. The molecule has 0 fully saturated rings. The van der Waals surface area contributed by atoms with Crippen LogP contribution >= 0.6 is 0 Å². The van der Waals surface area contributed by atoms with Crippen molar-refractivity contribution in [3.8, 4) is 5.69 Å². The van der Waals surface area contributed by atoms with Gasteiger partial charge in [0.1, 0.15) is 12.4 Å². The molecule has 0 saturated carbocycles. The van der Waals surface area contributed by atoms with Crippen LogP contribution in [0, 0.1) is 0 Å². The fourth-order valence-electron chi connectivity index (χ4n) is 1.74. The van der Waals surface area contributed by atoms with Crippen LogP contribution in [0.25, 0.3) is 5.69 Å². The van der Waals surface area contributed by atoms with Crippen molar-refractivity contribution in [3.63, 3.8) is 0 Å². The van der Waals surface area contributed by atoms with Crippen LogP contribution in [0.1, 0.15) is 24.3 Å². The third-order valence-electron chi connectivity index (χ3n) is 2.84. The monoisotopic (exact) mass is 264 g/mol. The molecule has 0 bridgehead atoms. The Kier molecular flexibility index (Phi) is 4.24. The van der Waals surface area contributed by atoms with Crippen molar-refractivity contribution in [1.82, 2.24) is 15.0 Å². The van der Waals surface area contributed by atoms with Crippen molar-refractivity contribution in [2.75, 3.05) is 6.67 Å². The predicted molar refractivity (Wildman–Crippen MR) is 69.6 cm³/mol. The van der Waals surface area contributed by atoms with Crippen molar-refractivity contribution >= 4 is 0 Å². The Hall–Kier alpha value is -1.79. The molecule has 0 aliphatic rings. The minimum Gasteiger partial charge on any atom is -0.387 e. The first kappa shape index (κ1) is 13.6. The SMILES string of the molecule is CC(O)c1cn(-c2ccc(C[C@H](N)CF)cc2)nn1. The topological polar surface area (TPSA) is 77.0 Å². The number of benzene rings is 1. The first-order chi connectivity index (χ1) is 9.10. The first-order valence-electron chi connectivity index (χ1n) is 6.11. The first-order valence-corrected chi connectivity index (χ1v) is 6.11. The molecule has 0 aliphatic carbocycles. The maximum atomic E-state index is 12.3. The zero-order valence-electron chi connectivity index (χ0n) is 10.7. The van der Waals surface area contributed by atoms with Gasteiger partial charge in [0.15, 0.2) is 0 Å². The van der Waals surface area contributed by atoms with E-state index in [1.807, 2.05) is 24.3 Å². The highest BCUT2D eigenvalue weighted by Gasteiger charge is 2.08. The molecule has 2 aromatic rings. The van der Waals surface area contributed by atoms with E-state index in [-0.39, 0.29) is 0 Å². The molecule has 102 valence electrons. The van der Waals surface area contributed by atoms with Crippen LogP contribution in [0.2, 0.25) is 0 Å². The van der Waals surface area contributed by atoms with Gasteiger partial charge in [-0.1, -0.05) is 17.3 Å². The zero-order chi connectivity index (χ0) is 13.8. The van der Waals surface area contributed by atoms with Gasteiger partial charge < -0.3 is 10.8 Å². The quantitative estimate of drug-likeness (QED) is 0.849. The normalized spacial score (nSPS) is 14.3.